The Morgan fingerprint density at radius 2 is 1.50 bits per heavy atom. The number of aromatic hydroxyl groups is 1. The predicted octanol–water partition coefficient (Wildman–Crippen LogP) is 5.98. The molecule has 1 aromatic carbocycles. The third-order valence-electron chi connectivity index (χ3n) is 3.93. The van der Waals surface area contributed by atoms with Crippen molar-refractivity contribution in [2.45, 2.75) is 84.5 Å². The summed E-state index contributed by atoms with van der Waals surface area (Å²) < 4.78 is 0. The van der Waals surface area contributed by atoms with Gasteiger partial charge in [0.1, 0.15) is 5.75 Å². The van der Waals surface area contributed by atoms with Crippen LogP contribution in [-0.4, -0.2) is 5.11 Å². The molecule has 0 spiro atoms. The summed E-state index contributed by atoms with van der Waals surface area (Å²) in [6.07, 6.45) is 10.4. The molecule has 0 unspecified atom stereocenters. The van der Waals surface area contributed by atoms with Crippen LogP contribution in [-0.2, 0) is 11.8 Å². The van der Waals surface area contributed by atoms with E-state index in [1.165, 1.54) is 50.5 Å². The highest BCUT2D eigenvalue weighted by atomic mass is 16.3. The van der Waals surface area contributed by atoms with E-state index in [4.69, 9.17) is 0 Å². The van der Waals surface area contributed by atoms with E-state index in [1.807, 2.05) is 12.1 Å². The summed E-state index contributed by atoms with van der Waals surface area (Å²) in [5.74, 6) is 0.456. The van der Waals surface area contributed by atoms with Crippen molar-refractivity contribution >= 4 is 0 Å². The first-order chi connectivity index (χ1) is 9.46. The molecule has 0 bridgehead atoms. The normalized spacial score (nSPS) is 11.8. The number of unbranched alkanes of at least 4 members (excludes halogenated alkanes) is 6. The second-order valence-corrected chi connectivity index (χ2v) is 6.93. The quantitative estimate of drug-likeness (QED) is 0.579. The summed E-state index contributed by atoms with van der Waals surface area (Å²) in [5, 5.41) is 10.1. The van der Waals surface area contributed by atoms with Crippen molar-refractivity contribution in [3.63, 3.8) is 0 Å². The molecule has 0 aliphatic heterocycles. The molecule has 20 heavy (non-hydrogen) atoms. The maximum Gasteiger partial charge on any atom is 0.119 e. The highest BCUT2D eigenvalue weighted by molar-refractivity contribution is 5.43. The first-order valence-corrected chi connectivity index (χ1v) is 8.28. The predicted molar refractivity (Wildman–Crippen MR) is 88.5 cm³/mol. The zero-order chi connectivity index (χ0) is 15.0. The van der Waals surface area contributed by atoms with Gasteiger partial charge in [-0.05, 0) is 29.9 Å². The molecule has 0 saturated carbocycles. The van der Waals surface area contributed by atoms with Crippen LogP contribution in [0.25, 0.3) is 0 Å². The molecule has 1 heteroatoms. The maximum atomic E-state index is 10.1. The van der Waals surface area contributed by atoms with Crippen LogP contribution >= 0.6 is 0 Å². The summed E-state index contributed by atoms with van der Waals surface area (Å²) in [4.78, 5) is 0. The minimum atomic E-state index is 0.0157. The Morgan fingerprint density at radius 3 is 2.10 bits per heavy atom. The second kappa shape index (κ2) is 8.34. The molecule has 0 aliphatic carbocycles. The molecule has 0 aliphatic rings. The molecule has 0 aromatic heterocycles. The molecule has 1 aromatic rings. The Morgan fingerprint density at radius 1 is 0.900 bits per heavy atom. The zero-order valence-corrected chi connectivity index (χ0v) is 13.8. The van der Waals surface area contributed by atoms with Gasteiger partial charge in [0, 0.05) is 5.56 Å². The van der Waals surface area contributed by atoms with E-state index in [1.54, 1.807) is 0 Å². The SMILES string of the molecule is CCCCCCCCCc1cccc(O)c1C(C)(C)C. The fourth-order valence-corrected chi connectivity index (χ4v) is 2.93. The molecule has 0 saturated heterocycles. The Kier molecular flexibility index (Phi) is 7.12. The number of rotatable bonds is 8. The Balaban J connectivity index is 2.46. The molecule has 1 N–H and O–H groups in total. The van der Waals surface area contributed by atoms with Gasteiger partial charge in [0.25, 0.3) is 0 Å². The van der Waals surface area contributed by atoms with Gasteiger partial charge in [-0.1, -0.05) is 78.4 Å². The summed E-state index contributed by atoms with van der Waals surface area (Å²) in [5.41, 5.74) is 2.47. The van der Waals surface area contributed by atoms with Gasteiger partial charge in [-0.25, -0.2) is 0 Å². The lowest BCUT2D eigenvalue weighted by atomic mass is 9.81. The molecule has 0 atom stereocenters. The molecule has 114 valence electrons. The monoisotopic (exact) mass is 276 g/mol. The van der Waals surface area contributed by atoms with E-state index in [-0.39, 0.29) is 5.41 Å². The number of aryl methyl sites for hydroxylation is 1. The molecular weight excluding hydrogens is 244 g/mol. The van der Waals surface area contributed by atoms with E-state index in [9.17, 15) is 5.11 Å². The molecule has 0 radical (unpaired) electrons. The average Bonchev–Trinajstić information content (AvgIpc) is 2.36. The summed E-state index contributed by atoms with van der Waals surface area (Å²) >= 11 is 0. The third-order valence-corrected chi connectivity index (χ3v) is 3.93. The van der Waals surface area contributed by atoms with E-state index in [2.05, 4.69) is 33.8 Å². The first kappa shape index (κ1) is 17.1. The molecule has 0 amide bonds. The average molecular weight is 276 g/mol. The van der Waals surface area contributed by atoms with Crippen molar-refractivity contribution in [2.75, 3.05) is 0 Å². The molecule has 0 heterocycles. The topological polar surface area (TPSA) is 20.2 Å². The maximum absolute atomic E-state index is 10.1. The van der Waals surface area contributed by atoms with Crippen molar-refractivity contribution in [3.8, 4) is 5.75 Å². The van der Waals surface area contributed by atoms with E-state index in [0.717, 1.165) is 12.0 Å². The summed E-state index contributed by atoms with van der Waals surface area (Å²) in [6, 6.07) is 5.97. The van der Waals surface area contributed by atoms with Crippen LogP contribution in [0.1, 0.15) is 83.8 Å². The summed E-state index contributed by atoms with van der Waals surface area (Å²) in [6.45, 7) is 8.79. The first-order valence-electron chi connectivity index (χ1n) is 8.28. The van der Waals surface area contributed by atoms with Crippen molar-refractivity contribution in [1.29, 1.82) is 0 Å². The molecule has 0 fully saturated rings. The number of benzene rings is 1. The highest BCUT2D eigenvalue weighted by Crippen LogP contribution is 2.34. The minimum absolute atomic E-state index is 0.0157. The number of phenolic OH excluding ortho intramolecular Hbond substituents is 1. The van der Waals surface area contributed by atoms with Gasteiger partial charge < -0.3 is 5.11 Å². The lowest BCUT2D eigenvalue weighted by Crippen LogP contribution is -2.14. The zero-order valence-electron chi connectivity index (χ0n) is 13.8. The van der Waals surface area contributed by atoms with Crippen LogP contribution < -0.4 is 0 Å². The van der Waals surface area contributed by atoms with Crippen molar-refractivity contribution in [2.24, 2.45) is 0 Å². The van der Waals surface area contributed by atoms with Crippen LogP contribution in [0.5, 0.6) is 5.75 Å². The highest BCUT2D eigenvalue weighted by Gasteiger charge is 2.21. The van der Waals surface area contributed by atoms with Gasteiger partial charge >= 0.3 is 0 Å². The number of hydrogen-bond donors (Lipinski definition) is 1. The largest absolute Gasteiger partial charge is 0.508 e. The molecule has 1 nitrogen and oxygen atoms in total. The lowest BCUT2D eigenvalue weighted by molar-refractivity contribution is 0.443. The standard InChI is InChI=1S/C19H32O/c1-5-6-7-8-9-10-11-13-16-14-12-15-17(20)18(16)19(2,3)4/h12,14-15,20H,5-11,13H2,1-4H3. The van der Waals surface area contributed by atoms with Crippen LogP contribution in [0.2, 0.25) is 0 Å². The van der Waals surface area contributed by atoms with Gasteiger partial charge in [0.15, 0.2) is 0 Å². The van der Waals surface area contributed by atoms with Crippen LogP contribution in [0.15, 0.2) is 18.2 Å². The molecule has 1 rings (SSSR count). The van der Waals surface area contributed by atoms with Crippen LogP contribution in [0.4, 0.5) is 0 Å². The van der Waals surface area contributed by atoms with Crippen molar-refractivity contribution < 1.29 is 5.11 Å². The van der Waals surface area contributed by atoms with Crippen molar-refractivity contribution in [1.82, 2.24) is 0 Å². The molecular formula is C19H32O. The van der Waals surface area contributed by atoms with E-state index >= 15 is 0 Å². The fraction of sp³-hybridized carbons (Fsp3) is 0.684. The number of hydrogen-bond acceptors (Lipinski definition) is 1. The van der Waals surface area contributed by atoms with Crippen molar-refractivity contribution in [3.05, 3.63) is 29.3 Å². The van der Waals surface area contributed by atoms with Gasteiger partial charge in [-0.15, -0.1) is 0 Å². The third kappa shape index (κ3) is 5.56. The van der Waals surface area contributed by atoms with Gasteiger partial charge in [0.05, 0.1) is 0 Å². The van der Waals surface area contributed by atoms with Crippen LogP contribution in [0, 0.1) is 0 Å². The Labute approximate surface area is 125 Å². The second-order valence-electron chi connectivity index (χ2n) is 6.93. The van der Waals surface area contributed by atoms with Gasteiger partial charge in [0.2, 0.25) is 0 Å². The van der Waals surface area contributed by atoms with Gasteiger partial charge in [-0.2, -0.15) is 0 Å². The Hall–Kier alpha value is -0.980. The lowest BCUT2D eigenvalue weighted by Gasteiger charge is -2.24. The number of phenols is 1. The Bertz CT molecular complexity index is 387. The minimum Gasteiger partial charge on any atom is -0.508 e. The van der Waals surface area contributed by atoms with Gasteiger partial charge in [-0.3, -0.25) is 0 Å². The van der Waals surface area contributed by atoms with E-state index in [0.29, 0.717) is 5.75 Å². The smallest absolute Gasteiger partial charge is 0.119 e. The fourth-order valence-electron chi connectivity index (χ4n) is 2.93. The summed E-state index contributed by atoms with van der Waals surface area (Å²) in [7, 11) is 0. The van der Waals surface area contributed by atoms with E-state index < -0.39 is 0 Å². The van der Waals surface area contributed by atoms with Crippen LogP contribution in [0.3, 0.4) is 0 Å².